The van der Waals surface area contributed by atoms with Crippen LogP contribution in [0.2, 0.25) is 0 Å². The van der Waals surface area contributed by atoms with E-state index in [-0.39, 0.29) is 23.9 Å². The molecule has 0 aromatic heterocycles. The predicted molar refractivity (Wildman–Crippen MR) is 69.0 cm³/mol. The summed E-state index contributed by atoms with van der Waals surface area (Å²) in [5.41, 5.74) is 5.60. The van der Waals surface area contributed by atoms with Gasteiger partial charge in [-0.25, -0.2) is 0 Å². The minimum absolute atomic E-state index is 0.0435. The van der Waals surface area contributed by atoms with E-state index in [0.717, 1.165) is 25.7 Å². The molecule has 0 unspecified atom stereocenters. The first-order valence-corrected chi connectivity index (χ1v) is 6.51. The lowest BCUT2D eigenvalue weighted by atomic mass is 9.86. The Morgan fingerprint density at radius 1 is 1.33 bits per heavy atom. The lowest BCUT2D eigenvalue weighted by molar-refractivity contribution is -0.148. The summed E-state index contributed by atoms with van der Waals surface area (Å²) < 4.78 is 0. The number of carboxylic acids is 1. The monoisotopic (exact) mass is 256 g/mol. The van der Waals surface area contributed by atoms with Crippen molar-refractivity contribution in [2.45, 2.75) is 58.5 Å². The van der Waals surface area contributed by atoms with E-state index >= 15 is 0 Å². The van der Waals surface area contributed by atoms with Crippen LogP contribution in [0.3, 0.4) is 0 Å². The van der Waals surface area contributed by atoms with E-state index in [1.54, 1.807) is 0 Å². The average molecular weight is 256 g/mol. The molecule has 0 aromatic rings. The minimum Gasteiger partial charge on any atom is -0.480 e. The number of amides is 1. The molecule has 1 atom stereocenters. The second kappa shape index (κ2) is 5.69. The molecule has 0 radical (unpaired) electrons. The number of nitrogens with zero attached hydrogens (tertiary/aromatic N) is 1. The molecule has 0 heterocycles. The Balaban J connectivity index is 2.81. The molecule has 1 fully saturated rings. The van der Waals surface area contributed by atoms with Crippen LogP contribution >= 0.6 is 0 Å². The molecule has 1 rings (SSSR count). The van der Waals surface area contributed by atoms with Crippen molar-refractivity contribution in [3.63, 3.8) is 0 Å². The van der Waals surface area contributed by atoms with Gasteiger partial charge >= 0.3 is 5.97 Å². The van der Waals surface area contributed by atoms with Gasteiger partial charge in [0.15, 0.2) is 0 Å². The number of nitrogens with two attached hydrogens (primary N) is 1. The van der Waals surface area contributed by atoms with Gasteiger partial charge in [-0.05, 0) is 18.3 Å². The van der Waals surface area contributed by atoms with Crippen molar-refractivity contribution in [2.24, 2.45) is 11.1 Å². The van der Waals surface area contributed by atoms with Crippen molar-refractivity contribution in [3.05, 3.63) is 0 Å². The van der Waals surface area contributed by atoms with Crippen molar-refractivity contribution in [1.82, 2.24) is 4.90 Å². The average Bonchev–Trinajstić information content (AvgIpc) is 2.75. The molecule has 1 saturated carbocycles. The third kappa shape index (κ3) is 3.70. The Labute approximate surface area is 108 Å². The summed E-state index contributed by atoms with van der Waals surface area (Å²) in [6, 6.07) is -0.612. The van der Waals surface area contributed by atoms with Gasteiger partial charge in [-0.1, -0.05) is 33.6 Å². The Hall–Kier alpha value is -1.10. The summed E-state index contributed by atoms with van der Waals surface area (Å²) in [6.07, 6.45) is 3.88. The Bertz CT molecular complexity index is 317. The van der Waals surface area contributed by atoms with Crippen LogP contribution in [-0.4, -0.2) is 40.5 Å². The zero-order chi connectivity index (χ0) is 13.9. The second-order valence-corrected chi connectivity index (χ2v) is 6.14. The molecule has 5 heteroatoms. The summed E-state index contributed by atoms with van der Waals surface area (Å²) in [4.78, 5) is 24.7. The largest absolute Gasteiger partial charge is 0.480 e. The smallest absolute Gasteiger partial charge is 0.323 e. The maximum absolute atomic E-state index is 12.3. The van der Waals surface area contributed by atoms with Gasteiger partial charge in [0.1, 0.15) is 6.54 Å². The van der Waals surface area contributed by atoms with Gasteiger partial charge in [0.05, 0.1) is 6.04 Å². The van der Waals surface area contributed by atoms with Gasteiger partial charge in [-0.15, -0.1) is 0 Å². The Morgan fingerprint density at radius 2 is 1.83 bits per heavy atom. The van der Waals surface area contributed by atoms with Crippen molar-refractivity contribution >= 4 is 11.9 Å². The molecule has 1 aliphatic carbocycles. The van der Waals surface area contributed by atoms with Gasteiger partial charge in [-0.3, -0.25) is 9.59 Å². The molecule has 1 amide bonds. The minimum atomic E-state index is -0.976. The van der Waals surface area contributed by atoms with Crippen LogP contribution < -0.4 is 5.73 Å². The van der Waals surface area contributed by atoms with Crippen molar-refractivity contribution in [1.29, 1.82) is 0 Å². The summed E-state index contributed by atoms with van der Waals surface area (Å²) >= 11 is 0. The van der Waals surface area contributed by atoms with Gasteiger partial charge in [0.25, 0.3) is 0 Å². The fourth-order valence-corrected chi connectivity index (χ4v) is 2.30. The molecule has 18 heavy (non-hydrogen) atoms. The van der Waals surface area contributed by atoms with E-state index in [9.17, 15) is 9.59 Å². The Morgan fingerprint density at radius 3 is 2.22 bits per heavy atom. The van der Waals surface area contributed by atoms with E-state index < -0.39 is 12.0 Å². The highest BCUT2D eigenvalue weighted by Gasteiger charge is 2.35. The SMILES string of the molecule is CC(C)(C)[C@H](N)C(=O)N(CC(=O)O)C1CCCC1. The van der Waals surface area contributed by atoms with Crippen molar-refractivity contribution in [2.75, 3.05) is 6.54 Å². The summed E-state index contributed by atoms with van der Waals surface area (Å²) in [5.74, 6) is -1.21. The van der Waals surface area contributed by atoms with E-state index in [1.165, 1.54) is 4.90 Å². The van der Waals surface area contributed by atoms with E-state index in [0.29, 0.717) is 0 Å². The first kappa shape index (κ1) is 15.0. The number of rotatable bonds is 4. The summed E-state index contributed by atoms with van der Waals surface area (Å²) in [7, 11) is 0. The van der Waals surface area contributed by atoms with Crippen LogP contribution in [-0.2, 0) is 9.59 Å². The second-order valence-electron chi connectivity index (χ2n) is 6.14. The quantitative estimate of drug-likeness (QED) is 0.792. The standard InChI is InChI=1S/C13H24N2O3/c1-13(2,3)11(14)12(18)15(8-10(16)17)9-6-4-5-7-9/h9,11H,4-8,14H2,1-3H3,(H,16,17)/t11-/m1/s1. The third-order valence-electron chi connectivity index (χ3n) is 3.55. The highest BCUT2D eigenvalue weighted by molar-refractivity contribution is 5.86. The number of carbonyl (C=O) groups excluding carboxylic acids is 1. The molecule has 1 aliphatic rings. The lowest BCUT2D eigenvalue weighted by Crippen LogP contribution is -2.54. The predicted octanol–water partition coefficient (Wildman–Crippen LogP) is 1.22. The summed E-state index contributed by atoms with van der Waals surface area (Å²) in [6.45, 7) is 5.43. The topological polar surface area (TPSA) is 83.6 Å². The normalized spacial score (nSPS) is 18.7. The molecule has 0 bridgehead atoms. The highest BCUT2D eigenvalue weighted by atomic mass is 16.4. The van der Waals surface area contributed by atoms with Gasteiger partial charge in [0.2, 0.25) is 5.91 Å². The lowest BCUT2D eigenvalue weighted by Gasteiger charge is -2.34. The van der Waals surface area contributed by atoms with Crippen LogP contribution in [0.1, 0.15) is 46.5 Å². The number of hydrogen-bond acceptors (Lipinski definition) is 3. The maximum Gasteiger partial charge on any atom is 0.323 e. The first-order valence-electron chi connectivity index (χ1n) is 6.51. The Kier molecular flexibility index (Phi) is 4.73. The van der Waals surface area contributed by atoms with Crippen LogP contribution in [0, 0.1) is 5.41 Å². The zero-order valence-electron chi connectivity index (χ0n) is 11.5. The molecular formula is C13H24N2O3. The zero-order valence-corrected chi connectivity index (χ0v) is 11.5. The molecular weight excluding hydrogens is 232 g/mol. The van der Waals surface area contributed by atoms with Gasteiger partial charge < -0.3 is 15.7 Å². The maximum atomic E-state index is 12.3. The number of carboxylic acid groups (broad SMARTS) is 1. The molecule has 0 saturated heterocycles. The van der Waals surface area contributed by atoms with Crippen molar-refractivity contribution < 1.29 is 14.7 Å². The number of carbonyl (C=O) groups is 2. The van der Waals surface area contributed by atoms with Crippen LogP contribution in [0.5, 0.6) is 0 Å². The van der Waals surface area contributed by atoms with E-state index in [4.69, 9.17) is 10.8 Å². The van der Waals surface area contributed by atoms with Crippen LogP contribution in [0.15, 0.2) is 0 Å². The molecule has 3 N–H and O–H groups in total. The van der Waals surface area contributed by atoms with Crippen molar-refractivity contribution in [3.8, 4) is 0 Å². The molecule has 0 spiro atoms. The molecule has 0 aromatic carbocycles. The third-order valence-corrected chi connectivity index (χ3v) is 3.55. The van der Waals surface area contributed by atoms with Gasteiger partial charge in [0, 0.05) is 6.04 Å². The van der Waals surface area contributed by atoms with Crippen LogP contribution in [0.4, 0.5) is 0 Å². The van der Waals surface area contributed by atoms with Crippen LogP contribution in [0.25, 0.3) is 0 Å². The van der Waals surface area contributed by atoms with E-state index in [2.05, 4.69) is 0 Å². The molecule has 104 valence electrons. The molecule has 5 nitrogen and oxygen atoms in total. The fraction of sp³-hybridized carbons (Fsp3) is 0.846. The molecule has 0 aliphatic heterocycles. The fourth-order valence-electron chi connectivity index (χ4n) is 2.30. The van der Waals surface area contributed by atoms with E-state index in [1.807, 2.05) is 20.8 Å². The number of aliphatic carboxylic acids is 1. The first-order chi connectivity index (χ1) is 8.23. The summed E-state index contributed by atoms with van der Waals surface area (Å²) in [5, 5.41) is 8.94. The number of hydrogen-bond donors (Lipinski definition) is 2. The highest BCUT2D eigenvalue weighted by Crippen LogP contribution is 2.26. The van der Waals surface area contributed by atoms with Gasteiger partial charge in [-0.2, -0.15) is 0 Å².